The number of hydrogen-bond acceptors (Lipinski definition) is 5. The summed E-state index contributed by atoms with van der Waals surface area (Å²) in [5.74, 6) is -0.465. The topological polar surface area (TPSA) is 84.5 Å². The first kappa shape index (κ1) is 19.8. The highest BCUT2D eigenvalue weighted by atomic mass is 19.4. The zero-order valence-electron chi connectivity index (χ0n) is 14.7. The maximum Gasteiger partial charge on any atom is 0.573 e. The van der Waals surface area contributed by atoms with Gasteiger partial charge in [-0.1, -0.05) is 18.2 Å². The van der Waals surface area contributed by atoms with Crippen molar-refractivity contribution in [1.82, 2.24) is 0 Å². The van der Waals surface area contributed by atoms with Crippen LogP contribution in [0.25, 0.3) is 0 Å². The Morgan fingerprint density at radius 1 is 1.10 bits per heavy atom. The van der Waals surface area contributed by atoms with E-state index < -0.39 is 18.0 Å². The Kier molecular flexibility index (Phi) is 5.74. The molecular weight excluding hydrogens is 389 g/mol. The average molecular weight is 402 g/mol. The van der Waals surface area contributed by atoms with Crippen molar-refractivity contribution in [2.45, 2.75) is 13.0 Å². The number of para-hydroxylation sites is 1. The maximum atomic E-state index is 12.3. The number of hydrogen-bond donors (Lipinski definition) is 1. The van der Waals surface area contributed by atoms with Crippen molar-refractivity contribution in [1.29, 1.82) is 5.26 Å². The Balaban J connectivity index is 1.62. The molecule has 0 aliphatic rings. The van der Waals surface area contributed by atoms with Gasteiger partial charge in [0, 0.05) is 11.8 Å². The summed E-state index contributed by atoms with van der Waals surface area (Å²) in [6.45, 7) is -0.0130. The molecule has 29 heavy (non-hydrogen) atoms. The number of nitrogens with zero attached hydrogens (tertiary/aromatic N) is 1. The molecule has 9 heteroatoms. The van der Waals surface area contributed by atoms with Crippen LogP contribution < -0.4 is 14.8 Å². The van der Waals surface area contributed by atoms with Crippen LogP contribution in [0, 0.1) is 11.3 Å². The van der Waals surface area contributed by atoms with Gasteiger partial charge in [-0.25, -0.2) is 0 Å². The summed E-state index contributed by atoms with van der Waals surface area (Å²) in [4.78, 5) is 12.2. The fraction of sp³-hybridized carbons (Fsp3) is 0.100. The number of furan rings is 1. The van der Waals surface area contributed by atoms with E-state index in [2.05, 4.69) is 10.1 Å². The molecule has 6 nitrogen and oxygen atoms in total. The fourth-order valence-corrected chi connectivity index (χ4v) is 2.37. The fourth-order valence-electron chi connectivity index (χ4n) is 2.37. The Morgan fingerprint density at radius 2 is 1.90 bits per heavy atom. The van der Waals surface area contributed by atoms with Gasteiger partial charge < -0.3 is 19.2 Å². The van der Waals surface area contributed by atoms with E-state index in [0.29, 0.717) is 17.1 Å². The van der Waals surface area contributed by atoms with Crippen LogP contribution in [0.3, 0.4) is 0 Å². The minimum atomic E-state index is -4.83. The lowest BCUT2D eigenvalue weighted by Gasteiger charge is -2.10. The van der Waals surface area contributed by atoms with Gasteiger partial charge in [-0.3, -0.25) is 4.79 Å². The molecule has 1 heterocycles. The number of rotatable bonds is 6. The number of nitriles is 1. The third-order valence-corrected chi connectivity index (χ3v) is 3.59. The van der Waals surface area contributed by atoms with Crippen LogP contribution in [-0.4, -0.2) is 12.3 Å². The number of benzene rings is 2. The quantitative estimate of drug-likeness (QED) is 0.635. The predicted molar refractivity (Wildman–Crippen MR) is 95.3 cm³/mol. The van der Waals surface area contributed by atoms with Crippen molar-refractivity contribution >= 4 is 11.6 Å². The highest BCUT2D eigenvalue weighted by Gasteiger charge is 2.31. The van der Waals surface area contributed by atoms with Crippen LogP contribution in [0.4, 0.5) is 18.9 Å². The SMILES string of the molecule is N#Cc1ccccc1OCc1ccc(C(=O)Nc2cccc(OC(F)(F)F)c2)o1. The monoisotopic (exact) mass is 402 g/mol. The van der Waals surface area contributed by atoms with E-state index in [1.165, 1.54) is 24.3 Å². The Labute approximate surface area is 163 Å². The lowest BCUT2D eigenvalue weighted by atomic mass is 10.2. The van der Waals surface area contributed by atoms with E-state index in [-0.39, 0.29) is 18.1 Å². The molecule has 0 saturated heterocycles. The second-order valence-corrected chi connectivity index (χ2v) is 5.69. The molecule has 1 aromatic heterocycles. The van der Waals surface area contributed by atoms with Gasteiger partial charge in [0.05, 0.1) is 5.56 Å². The molecule has 3 rings (SSSR count). The minimum absolute atomic E-state index is 0.0130. The first-order valence-corrected chi connectivity index (χ1v) is 8.22. The smallest absolute Gasteiger partial charge is 0.484 e. The zero-order valence-corrected chi connectivity index (χ0v) is 14.7. The summed E-state index contributed by atoms with van der Waals surface area (Å²) in [7, 11) is 0. The molecule has 1 amide bonds. The van der Waals surface area contributed by atoms with Gasteiger partial charge in [0.25, 0.3) is 5.91 Å². The second kappa shape index (κ2) is 8.39. The highest BCUT2D eigenvalue weighted by molar-refractivity contribution is 6.02. The van der Waals surface area contributed by atoms with Gasteiger partial charge in [0.2, 0.25) is 0 Å². The summed E-state index contributed by atoms with van der Waals surface area (Å²) in [6, 6.07) is 16.5. The van der Waals surface area contributed by atoms with E-state index in [1.54, 1.807) is 24.3 Å². The van der Waals surface area contributed by atoms with E-state index in [9.17, 15) is 18.0 Å². The normalized spacial score (nSPS) is 10.8. The largest absolute Gasteiger partial charge is 0.573 e. The summed E-state index contributed by atoms with van der Waals surface area (Å²) < 4.78 is 51.6. The number of nitrogens with one attached hydrogen (secondary N) is 1. The second-order valence-electron chi connectivity index (χ2n) is 5.69. The zero-order chi connectivity index (χ0) is 20.9. The number of anilines is 1. The molecule has 0 spiro atoms. The standard InChI is InChI=1S/C20H13F3N2O4/c21-20(22,23)29-15-6-3-5-14(10-15)25-19(26)18-9-8-16(28-18)12-27-17-7-2-1-4-13(17)11-24/h1-10H,12H2,(H,25,26). The van der Waals surface area contributed by atoms with Gasteiger partial charge >= 0.3 is 6.36 Å². The number of alkyl halides is 3. The van der Waals surface area contributed by atoms with Crippen molar-refractivity contribution in [3.8, 4) is 17.6 Å². The highest BCUT2D eigenvalue weighted by Crippen LogP contribution is 2.25. The van der Waals surface area contributed by atoms with Gasteiger partial charge in [-0.2, -0.15) is 5.26 Å². The third-order valence-electron chi connectivity index (χ3n) is 3.59. The van der Waals surface area contributed by atoms with E-state index in [0.717, 1.165) is 12.1 Å². The summed E-state index contributed by atoms with van der Waals surface area (Å²) in [5.41, 5.74) is 0.465. The molecule has 0 atom stereocenters. The molecule has 2 aromatic carbocycles. The van der Waals surface area contributed by atoms with Crippen LogP contribution in [0.2, 0.25) is 0 Å². The van der Waals surface area contributed by atoms with E-state index in [1.807, 2.05) is 6.07 Å². The predicted octanol–water partition coefficient (Wildman–Crippen LogP) is 4.88. The molecule has 1 N–H and O–H groups in total. The van der Waals surface area contributed by atoms with E-state index in [4.69, 9.17) is 14.4 Å². The molecule has 0 aliphatic heterocycles. The average Bonchev–Trinajstić information content (AvgIpc) is 3.15. The summed E-state index contributed by atoms with van der Waals surface area (Å²) in [5, 5.41) is 11.5. The van der Waals surface area contributed by atoms with Crippen molar-refractivity contribution in [2.75, 3.05) is 5.32 Å². The van der Waals surface area contributed by atoms with Gasteiger partial charge in [0.1, 0.15) is 29.9 Å². The molecule has 3 aromatic rings. The van der Waals surface area contributed by atoms with Crippen LogP contribution in [-0.2, 0) is 6.61 Å². The summed E-state index contributed by atoms with van der Waals surface area (Å²) in [6.07, 6.45) is -4.83. The Hall–Kier alpha value is -3.93. The molecule has 0 bridgehead atoms. The lowest BCUT2D eigenvalue weighted by Crippen LogP contribution is -2.17. The molecule has 0 fully saturated rings. The van der Waals surface area contributed by atoms with Crippen molar-refractivity contribution < 1.29 is 31.9 Å². The molecule has 0 radical (unpaired) electrons. The summed E-state index contributed by atoms with van der Waals surface area (Å²) >= 11 is 0. The molecule has 148 valence electrons. The Bertz CT molecular complexity index is 1050. The molecule has 0 saturated carbocycles. The minimum Gasteiger partial charge on any atom is -0.484 e. The van der Waals surface area contributed by atoms with Crippen LogP contribution in [0.1, 0.15) is 21.9 Å². The van der Waals surface area contributed by atoms with Crippen LogP contribution in [0.5, 0.6) is 11.5 Å². The van der Waals surface area contributed by atoms with Crippen molar-refractivity contribution in [3.05, 3.63) is 77.7 Å². The number of carbonyl (C=O) groups is 1. The van der Waals surface area contributed by atoms with Crippen LogP contribution in [0.15, 0.2) is 65.1 Å². The first-order valence-electron chi connectivity index (χ1n) is 8.22. The maximum absolute atomic E-state index is 12.3. The molecular formula is C20H13F3N2O4. The van der Waals surface area contributed by atoms with Crippen molar-refractivity contribution in [3.63, 3.8) is 0 Å². The van der Waals surface area contributed by atoms with Crippen LogP contribution >= 0.6 is 0 Å². The number of carbonyl (C=O) groups excluding carboxylic acids is 1. The van der Waals surface area contributed by atoms with E-state index >= 15 is 0 Å². The van der Waals surface area contributed by atoms with Gasteiger partial charge in [0.15, 0.2) is 5.76 Å². The van der Waals surface area contributed by atoms with Gasteiger partial charge in [-0.15, -0.1) is 13.2 Å². The number of amides is 1. The molecule has 0 unspecified atom stereocenters. The van der Waals surface area contributed by atoms with Gasteiger partial charge in [-0.05, 0) is 36.4 Å². The molecule has 0 aliphatic carbocycles. The number of ether oxygens (including phenoxy) is 2. The van der Waals surface area contributed by atoms with Crippen molar-refractivity contribution in [2.24, 2.45) is 0 Å². The third kappa shape index (κ3) is 5.52. The number of halogens is 3. The Morgan fingerprint density at radius 3 is 2.66 bits per heavy atom. The lowest BCUT2D eigenvalue weighted by molar-refractivity contribution is -0.274. The first-order chi connectivity index (χ1) is 13.8.